The average molecular weight is 212 g/mol. The van der Waals surface area contributed by atoms with Gasteiger partial charge in [0.2, 0.25) is 11.6 Å². The highest BCUT2D eigenvalue weighted by molar-refractivity contribution is 6.53. The summed E-state index contributed by atoms with van der Waals surface area (Å²) in [5, 5.41) is 0. The van der Waals surface area contributed by atoms with Crippen molar-refractivity contribution in [2.45, 2.75) is 0 Å². The molecule has 2 heteroatoms. The van der Waals surface area contributed by atoms with Gasteiger partial charge in [-0.25, -0.2) is 0 Å². The molecule has 0 aromatic rings. The second-order valence-electron chi connectivity index (χ2n) is 3.10. The van der Waals surface area contributed by atoms with Crippen LogP contribution >= 0.6 is 0 Å². The zero-order chi connectivity index (χ0) is 12.0. The summed E-state index contributed by atoms with van der Waals surface area (Å²) in [6.45, 7) is 7.01. The highest BCUT2D eigenvalue weighted by Crippen LogP contribution is 2.18. The molecule has 1 rings (SSSR count). The van der Waals surface area contributed by atoms with Crippen LogP contribution in [0.15, 0.2) is 72.9 Å². The van der Waals surface area contributed by atoms with E-state index in [1.807, 2.05) is 0 Å². The minimum atomic E-state index is -0.476. The van der Waals surface area contributed by atoms with Crippen LogP contribution in [0.1, 0.15) is 0 Å². The largest absolute Gasteiger partial charge is 0.285 e. The van der Waals surface area contributed by atoms with Gasteiger partial charge >= 0.3 is 0 Å². The molecule has 1 aliphatic carbocycles. The molecule has 80 valence electrons. The lowest BCUT2D eigenvalue weighted by Crippen LogP contribution is -2.08. The van der Waals surface area contributed by atoms with Crippen molar-refractivity contribution in [2.24, 2.45) is 0 Å². The molecule has 0 saturated heterocycles. The van der Waals surface area contributed by atoms with E-state index in [1.165, 1.54) is 0 Å². The number of ketones is 2. The summed E-state index contributed by atoms with van der Waals surface area (Å²) in [4.78, 5) is 22.9. The molecule has 0 aromatic heterocycles. The smallest absolute Gasteiger partial charge is 0.233 e. The summed E-state index contributed by atoms with van der Waals surface area (Å²) >= 11 is 0. The molecule has 0 heterocycles. The van der Waals surface area contributed by atoms with E-state index in [-0.39, 0.29) is 0 Å². The molecular formula is C14H12O2. The van der Waals surface area contributed by atoms with Gasteiger partial charge in [-0.1, -0.05) is 55.7 Å². The highest BCUT2D eigenvalue weighted by Gasteiger charge is 2.26. The Labute approximate surface area is 94.7 Å². The van der Waals surface area contributed by atoms with E-state index in [0.717, 1.165) is 0 Å². The van der Waals surface area contributed by atoms with Crippen LogP contribution in [-0.4, -0.2) is 11.6 Å². The van der Waals surface area contributed by atoms with Crippen molar-refractivity contribution in [2.75, 3.05) is 0 Å². The molecule has 0 radical (unpaired) electrons. The maximum atomic E-state index is 11.5. The lowest BCUT2D eigenvalue weighted by molar-refractivity contribution is -0.131. The highest BCUT2D eigenvalue weighted by atomic mass is 16.2. The Morgan fingerprint density at radius 3 is 2.25 bits per heavy atom. The van der Waals surface area contributed by atoms with Crippen molar-refractivity contribution in [3.63, 3.8) is 0 Å². The third-order valence-electron chi connectivity index (χ3n) is 1.98. The Balaban J connectivity index is 2.98. The summed E-state index contributed by atoms with van der Waals surface area (Å²) in [7, 11) is 0. The Kier molecular flexibility index (Phi) is 4.16. The summed E-state index contributed by atoms with van der Waals surface area (Å²) in [5.41, 5.74) is 0.787. The monoisotopic (exact) mass is 212 g/mol. The van der Waals surface area contributed by atoms with Crippen molar-refractivity contribution in [1.82, 2.24) is 0 Å². The van der Waals surface area contributed by atoms with Gasteiger partial charge in [0.15, 0.2) is 0 Å². The van der Waals surface area contributed by atoms with E-state index in [9.17, 15) is 9.59 Å². The van der Waals surface area contributed by atoms with Crippen molar-refractivity contribution >= 4 is 11.6 Å². The van der Waals surface area contributed by atoms with Crippen LogP contribution < -0.4 is 0 Å². The van der Waals surface area contributed by atoms with Gasteiger partial charge in [-0.2, -0.15) is 0 Å². The minimum absolute atomic E-state index is 0.392. The average Bonchev–Trinajstić information content (AvgIpc) is 2.55. The Hall–Kier alpha value is -2.22. The molecule has 0 unspecified atom stereocenters. The van der Waals surface area contributed by atoms with E-state index >= 15 is 0 Å². The molecule has 0 atom stereocenters. The van der Waals surface area contributed by atoms with E-state index in [4.69, 9.17) is 0 Å². The van der Waals surface area contributed by atoms with Crippen LogP contribution in [0.3, 0.4) is 0 Å². The number of Topliss-reactive ketones (excluding diaryl/α,β-unsaturated/α-hetero) is 2. The molecule has 16 heavy (non-hydrogen) atoms. The molecule has 2 nitrogen and oxygen atoms in total. The second kappa shape index (κ2) is 5.61. The van der Waals surface area contributed by atoms with E-state index in [2.05, 4.69) is 13.2 Å². The molecule has 0 aliphatic heterocycles. The first-order chi connectivity index (χ1) is 7.70. The summed E-state index contributed by atoms with van der Waals surface area (Å²) < 4.78 is 0. The third-order valence-corrected chi connectivity index (χ3v) is 1.98. The molecule has 0 saturated carbocycles. The van der Waals surface area contributed by atoms with Gasteiger partial charge in [0, 0.05) is 11.1 Å². The van der Waals surface area contributed by atoms with Gasteiger partial charge in [0.05, 0.1) is 0 Å². The van der Waals surface area contributed by atoms with Gasteiger partial charge in [0.1, 0.15) is 0 Å². The number of rotatable bonds is 4. The SMILES string of the molecule is C=C/C=C\C=C1C=C(/C=C\C=C)C(=O)C/1=O. The number of allylic oxidation sites excluding steroid dienone is 10. The van der Waals surface area contributed by atoms with Crippen molar-refractivity contribution in [3.05, 3.63) is 72.9 Å². The van der Waals surface area contributed by atoms with Crippen molar-refractivity contribution in [1.29, 1.82) is 0 Å². The zero-order valence-electron chi connectivity index (χ0n) is 8.85. The summed E-state index contributed by atoms with van der Waals surface area (Å²) in [6, 6.07) is 0. The van der Waals surface area contributed by atoms with Crippen molar-refractivity contribution in [3.8, 4) is 0 Å². The predicted octanol–water partition coefficient (Wildman–Crippen LogP) is 2.48. The molecule has 0 fully saturated rings. The van der Waals surface area contributed by atoms with Crippen LogP contribution in [-0.2, 0) is 9.59 Å². The lowest BCUT2D eigenvalue weighted by Gasteiger charge is -1.87. The van der Waals surface area contributed by atoms with Crippen molar-refractivity contribution < 1.29 is 9.59 Å². The summed E-state index contributed by atoms with van der Waals surface area (Å²) in [5.74, 6) is -0.950. The topological polar surface area (TPSA) is 34.1 Å². The number of hydrogen-bond acceptors (Lipinski definition) is 2. The fourth-order valence-corrected chi connectivity index (χ4v) is 1.22. The molecular weight excluding hydrogens is 200 g/mol. The number of carbonyl (C=O) groups is 2. The van der Waals surface area contributed by atoms with Gasteiger partial charge in [-0.15, -0.1) is 0 Å². The molecule has 1 aliphatic rings. The fraction of sp³-hybridized carbons (Fsp3) is 0. The first-order valence-corrected chi connectivity index (χ1v) is 4.80. The maximum absolute atomic E-state index is 11.5. The van der Waals surface area contributed by atoms with Gasteiger partial charge < -0.3 is 0 Å². The number of hydrogen-bond donors (Lipinski definition) is 0. The first-order valence-electron chi connectivity index (χ1n) is 4.80. The third kappa shape index (κ3) is 2.64. The number of carbonyl (C=O) groups excluding carboxylic acids is 2. The van der Waals surface area contributed by atoms with Gasteiger partial charge in [-0.3, -0.25) is 9.59 Å². The van der Waals surface area contributed by atoms with E-state index < -0.39 is 11.6 Å². The first kappa shape index (κ1) is 11.9. The van der Waals surface area contributed by atoms with Crippen LogP contribution in [0, 0.1) is 0 Å². The van der Waals surface area contributed by atoms with E-state index in [1.54, 1.807) is 48.6 Å². The Morgan fingerprint density at radius 2 is 1.62 bits per heavy atom. The summed E-state index contributed by atoms with van der Waals surface area (Å²) in [6.07, 6.45) is 12.9. The molecule has 0 amide bonds. The van der Waals surface area contributed by atoms with Gasteiger partial charge in [0.25, 0.3) is 0 Å². The van der Waals surface area contributed by atoms with Crippen LogP contribution in [0.25, 0.3) is 0 Å². The van der Waals surface area contributed by atoms with Crippen LogP contribution in [0.2, 0.25) is 0 Å². The molecule has 0 bridgehead atoms. The van der Waals surface area contributed by atoms with E-state index in [0.29, 0.717) is 11.1 Å². The van der Waals surface area contributed by atoms with Gasteiger partial charge in [-0.05, 0) is 6.08 Å². The normalized spacial score (nSPS) is 18.8. The molecule has 0 aromatic carbocycles. The Bertz CT molecular complexity index is 457. The van der Waals surface area contributed by atoms with Crippen LogP contribution in [0.5, 0.6) is 0 Å². The zero-order valence-corrected chi connectivity index (χ0v) is 8.85. The predicted molar refractivity (Wildman–Crippen MR) is 64.9 cm³/mol. The fourth-order valence-electron chi connectivity index (χ4n) is 1.22. The Morgan fingerprint density at radius 1 is 0.938 bits per heavy atom. The standard InChI is InChI=1S/C14H12O2/c1-3-5-7-9-12-10-11(8-6-4-2)13(15)14(12)16/h3-10H,1-2H2/b7-5-,8-6-,12-9+. The van der Waals surface area contributed by atoms with Crippen LogP contribution in [0.4, 0.5) is 0 Å². The lowest BCUT2D eigenvalue weighted by atomic mass is 10.1. The maximum Gasteiger partial charge on any atom is 0.233 e. The quantitative estimate of drug-likeness (QED) is 0.407. The minimum Gasteiger partial charge on any atom is -0.285 e. The molecule has 0 spiro atoms. The molecule has 0 N–H and O–H groups in total. The second-order valence-corrected chi connectivity index (χ2v) is 3.10.